The lowest BCUT2D eigenvalue weighted by atomic mass is 10.0. The lowest BCUT2D eigenvalue weighted by Crippen LogP contribution is -2.28. The van der Waals surface area contributed by atoms with Gasteiger partial charge in [-0.3, -0.25) is 0 Å². The van der Waals surface area contributed by atoms with Crippen molar-refractivity contribution in [3.63, 3.8) is 0 Å². The standard InChI is InChI=1S/C16H21N3O2/c1-19(2)6-5-12-9-17-15-4-3-11(8-14(12)15)7-13-10-21-16(20)18-13/h3-4,8-9,13,17H,5-7,10H2,1-2H3,(H,18,20)/t13-/m0/s1/i3D,4D,8D. The molecule has 1 aromatic heterocycles. The Kier molecular flexibility index (Phi) is 2.94. The number of fused-ring (bicyclic) bond motifs is 1. The number of carbonyl (C=O) groups is 1. The molecule has 0 radical (unpaired) electrons. The number of cyclic esters (lactones) is 1. The number of nitrogens with zero attached hydrogens (tertiary/aromatic N) is 1. The van der Waals surface area contributed by atoms with Gasteiger partial charge in [0.25, 0.3) is 0 Å². The number of aromatic amines is 1. The first-order valence-electron chi connectivity index (χ1n) is 8.55. The first-order chi connectivity index (χ1) is 11.4. The second kappa shape index (κ2) is 5.77. The van der Waals surface area contributed by atoms with Crippen LogP contribution in [0.4, 0.5) is 4.79 Å². The fourth-order valence-corrected chi connectivity index (χ4v) is 2.45. The van der Waals surface area contributed by atoms with Crippen LogP contribution in [-0.4, -0.2) is 49.3 Å². The monoisotopic (exact) mass is 290 g/mol. The summed E-state index contributed by atoms with van der Waals surface area (Å²) in [6.45, 7) is 1.06. The number of alkyl carbamates (subject to hydrolysis) is 1. The summed E-state index contributed by atoms with van der Waals surface area (Å²) in [6, 6.07) is 0.140. The van der Waals surface area contributed by atoms with Gasteiger partial charge in [-0.25, -0.2) is 4.79 Å². The Hall–Kier alpha value is -2.01. The Morgan fingerprint density at radius 1 is 1.48 bits per heavy atom. The van der Waals surface area contributed by atoms with Gasteiger partial charge in [-0.1, -0.05) is 6.04 Å². The molecule has 0 spiro atoms. The summed E-state index contributed by atoms with van der Waals surface area (Å²) in [5.74, 6) is 0. The Labute approximate surface area is 128 Å². The third kappa shape index (κ3) is 3.19. The third-order valence-electron chi connectivity index (χ3n) is 3.59. The molecule has 1 fully saturated rings. The molecule has 2 aromatic rings. The topological polar surface area (TPSA) is 57.4 Å². The fraction of sp³-hybridized carbons (Fsp3) is 0.438. The Balaban J connectivity index is 2.02. The van der Waals surface area contributed by atoms with E-state index in [-0.39, 0.29) is 30.8 Å². The first kappa shape index (κ1) is 10.7. The summed E-state index contributed by atoms with van der Waals surface area (Å²) in [6.07, 6.45) is 2.44. The summed E-state index contributed by atoms with van der Waals surface area (Å²) in [5.41, 5.74) is 1.99. The molecule has 0 bridgehead atoms. The van der Waals surface area contributed by atoms with E-state index in [1.54, 1.807) is 0 Å². The van der Waals surface area contributed by atoms with Crippen LogP contribution in [0, 0.1) is 0 Å². The molecular formula is C16H21N3O2. The van der Waals surface area contributed by atoms with Gasteiger partial charge in [0.05, 0.1) is 10.2 Å². The van der Waals surface area contributed by atoms with Gasteiger partial charge in [0, 0.05) is 23.6 Å². The van der Waals surface area contributed by atoms with Gasteiger partial charge >= 0.3 is 6.09 Å². The van der Waals surface area contributed by atoms with Crippen molar-refractivity contribution in [2.24, 2.45) is 0 Å². The Morgan fingerprint density at radius 3 is 3.05 bits per heavy atom. The van der Waals surface area contributed by atoms with E-state index in [2.05, 4.69) is 15.2 Å². The Bertz CT molecular complexity index is 789. The SMILES string of the molecule is [2H]c1c(C[C@H]2COC(=O)N2)c([2H])c2c(CCN(C)C)c[nH]c2c1[2H]. The van der Waals surface area contributed by atoms with Crippen molar-refractivity contribution in [3.8, 4) is 0 Å². The predicted molar refractivity (Wildman–Crippen MR) is 82.5 cm³/mol. The van der Waals surface area contributed by atoms with E-state index < -0.39 is 6.09 Å². The molecule has 1 aliphatic heterocycles. The average Bonchev–Trinajstić information content (AvgIpc) is 3.13. The van der Waals surface area contributed by atoms with Crippen LogP contribution in [0.25, 0.3) is 10.9 Å². The first-order valence-corrected chi connectivity index (χ1v) is 7.05. The van der Waals surface area contributed by atoms with Gasteiger partial charge in [0.2, 0.25) is 0 Å². The van der Waals surface area contributed by atoms with Crippen molar-refractivity contribution in [1.82, 2.24) is 15.2 Å². The molecular weight excluding hydrogens is 266 g/mol. The average molecular weight is 290 g/mol. The Morgan fingerprint density at radius 2 is 2.33 bits per heavy atom. The molecule has 0 aliphatic carbocycles. The van der Waals surface area contributed by atoms with E-state index in [0.29, 0.717) is 22.9 Å². The molecule has 0 unspecified atom stereocenters. The number of benzene rings is 1. The highest BCUT2D eigenvalue weighted by atomic mass is 16.6. The smallest absolute Gasteiger partial charge is 0.407 e. The molecule has 1 aliphatic rings. The highest BCUT2D eigenvalue weighted by Crippen LogP contribution is 2.21. The third-order valence-corrected chi connectivity index (χ3v) is 3.59. The molecule has 1 aromatic carbocycles. The summed E-state index contributed by atoms with van der Waals surface area (Å²) in [5, 5.41) is 3.38. The maximum absolute atomic E-state index is 11.2. The predicted octanol–water partition coefficient (Wildman–Crippen LogP) is 1.92. The normalized spacial score (nSPS) is 20.2. The maximum Gasteiger partial charge on any atom is 0.407 e. The molecule has 5 heteroatoms. The molecule has 5 nitrogen and oxygen atoms in total. The van der Waals surface area contributed by atoms with Crippen LogP contribution in [0.2, 0.25) is 0 Å². The number of nitrogens with one attached hydrogen (secondary N) is 2. The number of carbonyl (C=O) groups excluding carboxylic acids is 1. The molecule has 1 saturated heterocycles. The number of likely N-dealkylation sites (N-methyl/N-ethyl adjacent to an activating group) is 1. The van der Waals surface area contributed by atoms with Crippen molar-refractivity contribution in [3.05, 3.63) is 35.5 Å². The number of H-pyrrole nitrogens is 1. The number of amides is 1. The molecule has 2 N–H and O–H groups in total. The lowest BCUT2D eigenvalue weighted by Gasteiger charge is -2.09. The zero-order chi connectivity index (χ0) is 17.4. The molecule has 1 atom stereocenters. The number of ether oxygens (including phenoxy) is 1. The van der Waals surface area contributed by atoms with Crippen molar-refractivity contribution >= 4 is 17.0 Å². The van der Waals surface area contributed by atoms with Crippen molar-refractivity contribution in [1.29, 1.82) is 0 Å². The zero-order valence-corrected chi connectivity index (χ0v) is 12.2. The van der Waals surface area contributed by atoms with E-state index in [4.69, 9.17) is 8.85 Å². The minimum atomic E-state index is -0.474. The lowest BCUT2D eigenvalue weighted by molar-refractivity contribution is 0.177. The summed E-state index contributed by atoms with van der Waals surface area (Å²) < 4.78 is 29.9. The van der Waals surface area contributed by atoms with Crippen LogP contribution in [-0.2, 0) is 17.6 Å². The number of hydrogen-bond acceptors (Lipinski definition) is 3. The molecule has 21 heavy (non-hydrogen) atoms. The zero-order valence-electron chi connectivity index (χ0n) is 15.2. The quantitative estimate of drug-likeness (QED) is 0.884. The highest BCUT2D eigenvalue weighted by Gasteiger charge is 2.22. The van der Waals surface area contributed by atoms with Crippen LogP contribution >= 0.6 is 0 Å². The molecule has 3 rings (SSSR count). The molecule has 1 amide bonds. The van der Waals surface area contributed by atoms with Gasteiger partial charge < -0.3 is 19.9 Å². The van der Waals surface area contributed by atoms with Gasteiger partial charge in [0.15, 0.2) is 0 Å². The van der Waals surface area contributed by atoms with Crippen LogP contribution < -0.4 is 5.32 Å². The van der Waals surface area contributed by atoms with Crippen molar-refractivity contribution < 1.29 is 13.6 Å². The van der Waals surface area contributed by atoms with Crippen LogP contribution in [0.15, 0.2) is 24.3 Å². The maximum atomic E-state index is 11.2. The summed E-state index contributed by atoms with van der Waals surface area (Å²) in [7, 11) is 3.98. The van der Waals surface area contributed by atoms with Crippen LogP contribution in [0.5, 0.6) is 0 Å². The van der Waals surface area contributed by atoms with Gasteiger partial charge in [0.1, 0.15) is 6.61 Å². The minimum absolute atomic E-state index is 0.0367. The van der Waals surface area contributed by atoms with Crippen LogP contribution in [0.1, 0.15) is 15.2 Å². The van der Waals surface area contributed by atoms with Gasteiger partial charge in [-0.2, -0.15) is 0 Å². The van der Waals surface area contributed by atoms with E-state index in [9.17, 15) is 4.79 Å². The van der Waals surface area contributed by atoms with E-state index in [0.717, 1.165) is 18.5 Å². The van der Waals surface area contributed by atoms with E-state index >= 15 is 0 Å². The largest absolute Gasteiger partial charge is 0.447 e. The second-order valence-electron chi connectivity index (χ2n) is 5.61. The minimum Gasteiger partial charge on any atom is -0.447 e. The second-order valence-corrected chi connectivity index (χ2v) is 5.61. The van der Waals surface area contributed by atoms with E-state index in [1.165, 1.54) is 0 Å². The number of rotatable bonds is 5. The molecule has 112 valence electrons. The van der Waals surface area contributed by atoms with Gasteiger partial charge in [-0.05, 0) is 50.1 Å². The van der Waals surface area contributed by atoms with Crippen molar-refractivity contribution in [2.75, 3.05) is 27.2 Å². The number of aromatic nitrogens is 1. The highest BCUT2D eigenvalue weighted by molar-refractivity contribution is 5.84. The summed E-state index contributed by atoms with van der Waals surface area (Å²) >= 11 is 0. The number of hydrogen-bond donors (Lipinski definition) is 2. The van der Waals surface area contributed by atoms with Gasteiger partial charge in [-0.15, -0.1) is 0 Å². The molecule has 0 saturated carbocycles. The summed E-state index contributed by atoms with van der Waals surface area (Å²) in [4.78, 5) is 16.3. The van der Waals surface area contributed by atoms with Crippen LogP contribution in [0.3, 0.4) is 0 Å². The molecule has 2 heterocycles. The fourth-order valence-electron chi connectivity index (χ4n) is 2.45. The van der Waals surface area contributed by atoms with Crippen molar-refractivity contribution in [2.45, 2.75) is 18.9 Å². The van der Waals surface area contributed by atoms with E-state index in [1.807, 2.05) is 20.3 Å².